The number of carbonyl (C=O) groups is 1. The zero-order valence-electron chi connectivity index (χ0n) is 7.42. The molecule has 0 amide bonds. The zero-order chi connectivity index (χ0) is 9.68. The van der Waals surface area contributed by atoms with Crippen molar-refractivity contribution in [2.75, 3.05) is 6.07 Å². The van der Waals surface area contributed by atoms with Crippen LogP contribution in [0.4, 0.5) is 0 Å². The van der Waals surface area contributed by atoms with E-state index in [1.807, 2.05) is 6.92 Å². The Bertz CT molecular complexity index is 279. The van der Waals surface area contributed by atoms with Crippen molar-refractivity contribution in [2.45, 2.75) is 13.3 Å². The number of rotatable bonds is 4. The minimum absolute atomic E-state index is 0.126. The van der Waals surface area contributed by atoms with Gasteiger partial charge in [-0.05, 0) is 24.3 Å². The van der Waals surface area contributed by atoms with E-state index in [0.29, 0.717) is 17.7 Å². The number of carbonyl (C=O) groups excluding carboxylic acids is 1. The summed E-state index contributed by atoms with van der Waals surface area (Å²) in [6, 6.07) is 7.10. The second-order valence-electron chi connectivity index (χ2n) is 2.55. The van der Waals surface area contributed by atoms with Crippen molar-refractivity contribution in [3.8, 4) is 5.75 Å². The van der Waals surface area contributed by atoms with Crippen LogP contribution in [0.1, 0.15) is 23.7 Å². The Kier molecular flexibility index (Phi) is 3.77. The number of alkyl halides is 1. The molecule has 0 aliphatic rings. The van der Waals surface area contributed by atoms with Crippen LogP contribution in [0.15, 0.2) is 24.3 Å². The van der Waals surface area contributed by atoms with E-state index in [0.717, 1.165) is 0 Å². The van der Waals surface area contributed by atoms with Gasteiger partial charge in [0.05, 0.1) is 0 Å². The minimum atomic E-state index is 0.126. The third kappa shape index (κ3) is 2.74. The van der Waals surface area contributed by atoms with Crippen molar-refractivity contribution in [3.05, 3.63) is 29.8 Å². The predicted molar refractivity (Wildman–Crippen MR) is 52.4 cm³/mol. The second-order valence-corrected chi connectivity index (χ2v) is 2.77. The van der Waals surface area contributed by atoms with Crippen LogP contribution in [-0.2, 0) is 0 Å². The second kappa shape index (κ2) is 4.87. The van der Waals surface area contributed by atoms with Crippen molar-refractivity contribution < 1.29 is 9.53 Å². The standard InChI is InChI=1S/C10H11ClO2/c1-2-10(12)8-3-5-9(6-4-8)13-7-11/h3-6H,2,7H2,1H3. The first-order valence-corrected chi connectivity index (χ1v) is 4.63. The summed E-state index contributed by atoms with van der Waals surface area (Å²) in [6.45, 7) is 1.84. The van der Waals surface area contributed by atoms with Gasteiger partial charge >= 0.3 is 0 Å². The number of ether oxygens (including phenoxy) is 1. The summed E-state index contributed by atoms with van der Waals surface area (Å²) >= 11 is 5.38. The van der Waals surface area contributed by atoms with Gasteiger partial charge in [0.15, 0.2) is 11.8 Å². The Hall–Kier alpha value is -1.02. The summed E-state index contributed by atoms with van der Waals surface area (Å²) < 4.78 is 5.03. The largest absolute Gasteiger partial charge is 0.478 e. The maximum Gasteiger partial charge on any atom is 0.162 e. The zero-order valence-corrected chi connectivity index (χ0v) is 8.17. The average molecular weight is 199 g/mol. The highest BCUT2D eigenvalue weighted by molar-refractivity contribution is 6.17. The van der Waals surface area contributed by atoms with Crippen molar-refractivity contribution in [2.24, 2.45) is 0 Å². The molecule has 0 N–H and O–H groups in total. The van der Waals surface area contributed by atoms with E-state index in [9.17, 15) is 4.79 Å². The highest BCUT2D eigenvalue weighted by atomic mass is 35.5. The molecule has 0 heterocycles. The number of Topliss-reactive ketones (excluding diaryl/α,β-unsaturated/α-hetero) is 1. The Labute approximate surface area is 82.5 Å². The fraction of sp³-hybridized carbons (Fsp3) is 0.300. The fourth-order valence-electron chi connectivity index (χ4n) is 1.00. The first-order chi connectivity index (χ1) is 6.27. The molecule has 0 unspecified atom stereocenters. The van der Waals surface area contributed by atoms with Gasteiger partial charge in [0.1, 0.15) is 5.75 Å². The third-order valence-electron chi connectivity index (χ3n) is 1.72. The van der Waals surface area contributed by atoms with E-state index < -0.39 is 0 Å². The molecular weight excluding hydrogens is 188 g/mol. The van der Waals surface area contributed by atoms with Gasteiger partial charge in [0.2, 0.25) is 0 Å². The van der Waals surface area contributed by atoms with Crippen LogP contribution in [0.25, 0.3) is 0 Å². The summed E-state index contributed by atoms with van der Waals surface area (Å²) in [4.78, 5) is 11.2. The van der Waals surface area contributed by atoms with Crippen LogP contribution < -0.4 is 4.74 Å². The van der Waals surface area contributed by atoms with E-state index in [1.165, 1.54) is 0 Å². The Morgan fingerprint density at radius 1 is 1.38 bits per heavy atom. The summed E-state index contributed by atoms with van der Waals surface area (Å²) in [5.41, 5.74) is 0.712. The molecule has 0 spiro atoms. The number of ketones is 1. The van der Waals surface area contributed by atoms with Crippen LogP contribution in [0.3, 0.4) is 0 Å². The van der Waals surface area contributed by atoms with E-state index in [2.05, 4.69) is 0 Å². The highest BCUT2D eigenvalue weighted by Gasteiger charge is 2.01. The van der Waals surface area contributed by atoms with Crippen molar-refractivity contribution >= 4 is 17.4 Å². The SMILES string of the molecule is CCC(=O)c1ccc(OCCl)cc1. The van der Waals surface area contributed by atoms with Crippen molar-refractivity contribution in [1.29, 1.82) is 0 Å². The molecule has 1 rings (SSSR count). The highest BCUT2D eigenvalue weighted by Crippen LogP contribution is 2.13. The van der Waals surface area contributed by atoms with Crippen LogP contribution in [0.5, 0.6) is 5.75 Å². The summed E-state index contributed by atoms with van der Waals surface area (Å²) in [6.07, 6.45) is 0.524. The van der Waals surface area contributed by atoms with Crippen LogP contribution in [-0.4, -0.2) is 11.8 Å². The Balaban J connectivity index is 2.75. The maximum absolute atomic E-state index is 11.2. The average Bonchev–Trinajstić information content (AvgIpc) is 2.18. The van der Waals surface area contributed by atoms with Gasteiger partial charge in [0, 0.05) is 12.0 Å². The van der Waals surface area contributed by atoms with Gasteiger partial charge in [-0.15, -0.1) is 0 Å². The third-order valence-corrected chi connectivity index (χ3v) is 1.83. The molecule has 0 saturated carbocycles. The molecule has 2 nitrogen and oxygen atoms in total. The topological polar surface area (TPSA) is 26.3 Å². The van der Waals surface area contributed by atoms with E-state index in [4.69, 9.17) is 16.3 Å². The number of halogens is 1. The van der Waals surface area contributed by atoms with Gasteiger partial charge in [-0.2, -0.15) is 0 Å². The van der Waals surface area contributed by atoms with E-state index in [1.54, 1.807) is 24.3 Å². The molecule has 0 fully saturated rings. The molecule has 70 valence electrons. The monoisotopic (exact) mass is 198 g/mol. The molecule has 13 heavy (non-hydrogen) atoms. The lowest BCUT2D eigenvalue weighted by molar-refractivity contribution is 0.0988. The number of benzene rings is 1. The molecular formula is C10H11ClO2. The summed E-state index contributed by atoms with van der Waals surface area (Å²) in [5, 5.41) is 0. The first-order valence-electron chi connectivity index (χ1n) is 4.10. The molecule has 0 aliphatic heterocycles. The van der Waals surface area contributed by atoms with Crippen molar-refractivity contribution in [1.82, 2.24) is 0 Å². The van der Waals surface area contributed by atoms with Crippen LogP contribution in [0.2, 0.25) is 0 Å². The van der Waals surface area contributed by atoms with E-state index in [-0.39, 0.29) is 11.8 Å². The van der Waals surface area contributed by atoms with Gasteiger partial charge < -0.3 is 4.74 Å². The molecule has 1 aromatic carbocycles. The molecule has 1 aromatic rings. The van der Waals surface area contributed by atoms with Gasteiger partial charge in [0.25, 0.3) is 0 Å². The van der Waals surface area contributed by atoms with Gasteiger partial charge in [-0.1, -0.05) is 18.5 Å². The fourth-order valence-corrected chi connectivity index (χ4v) is 1.13. The Morgan fingerprint density at radius 2 is 2.00 bits per heavy atom. The normalized spacial score (nSPS) is 9.69. The molecule has 0 bridgehead atoms. The lowest BCUT2D eigenvalue weighted by Gasteiger charge is -2.02. The molecule has 0 radical (unpaired) electrons. The number of hydrogen-bond acceptors (Lipinski definition) is 2. The molecule has 0 saturated heterocycles. The predicted octanol–water partition coefficient (Wildman–Crippen LogP) is 2.85. The molecule has 0 aromatic heterocycles. The smallest absolute Gasteiger partial charge is 0.162 e. The first kappa shape index (κ1) is 10.1. The lowest BCUT2D eigenvalue weighted by Crippen LogP contribution is -1.96. The van der Waals surface area contributed by atoms with Gasteiger partial charge in [-0.25, -0.2) is 0 Å². The van der Waals surface area contributed by atoms with Gasteiger partial charge in [-0.3, -0.25) is 4.79 Å². The van der Waals surface area contributed by atoms with Crippen LogP contribution >= 0.6 is 11.6 Å². The van der Waals surface area contributed by atoms with Crippen LogP contribution in [0, 0.1) is 0 Å². The molecule has 0 atom stereocenters. The quantitative estimate of drug-likeness (QED) is 0.549. The lowest BCUT2D eigenvalue weighted by atomic mass is 10.1. The summed E-state index contributed by atoms with van der Waals surface area (Å²) in [7, 11) is 0. The molecule has 0 aliphatic carbocycles. The maximum atomic E-state index is 11.2. The number of hydrogen-bond donors (Lipinski definition) is 0. The minimum Gasteiger partial charge on any atom is -0.478 e. The molecule has 3 heteroatoms. The van der Waals surface area contributed by atoms with E-state index >= 15 is 0 Å². The summed E-state index contributed by atoms with van der Waals surface area (Å²) in [5.74, 6) is 0.820. The Morgan fingerprint density at radius 3 is 2.46 bits per heavy atom. The van der Waals surface area contributed by atoms with Crippen molar-refractivity contribution in [3.63, 3.8) is 0 Å².